The van der Waals surface area contributed by atoms with Crippen molar-refractivity contribution in [2.24, 2.45) is 0 Å². The van der Waals surface area contributed by atoms with Crippen LogP contribution < -0.4 is 0 Å². The average molecular weight is 273 g/mol. The molecule has 1 amide bonds. The number of nitrogens with zero attached hydrogens (tertiary/aromatic N) is 1. The van der Waals surface area contributed by atoms with Crippen LogP contribution in [0.4, 0.5) is 0 Å². The Kier molecular flexibility index (Phi) is 5.38. The van der Waals surface area contributed by atoms with Crippen LogP contribution in [-0.2, 0) is 14.6 Å². The number of carbonyl (C=O) groups excluding carboxylic acids is 1. The van der Waals surface area contributed by atoms with E-state index in [2.05, 4.69) is 0 Å². The first kappa shape index (κ1) is 15.2. The summed E-state index contributed by atoms with van der Waals surface area (Å²) >= 11 is 0. The van der Waals surface area contributed by atoms with E-state index in [-0.39, 0.29) is 29.5 Å². The standard InChI is InChI=1S/C13H23NO3S/c1-4-5-9-18(16,17)10-13(15)14-11(2)7-6-8-12(14)3/h4-5,11-12H,6-10H2,1-3H3/b5-4+/t11-,12-/m1/s1. The van der Waals surface area contributed by atoms with Crippen LogP contribution in [0.25, 0.3) is 0 Å². The van der Waals surface area contributed by atoms with Crippen molar-refractivity contribution in [3.05, 3.63) is 12.2 Å². The molecule has 0 N–H and O–H groups in total. The van der Waals surface area contributed by atoms with Gasteiger partial charge in [0.05, 0.1) is 5.75 Å². The molecule has 1 rings (SSSR count). The monoisotopic (exact) mass is 273 g/mol. The summed E-state index contributed by atoms with van der Waals surface area (Å²) in [5.74, 6) is -0.670. The van der Waals surface area contributed by atoms with Crippen molar-refractivity contribution in [2.45, 2.75) is 52.1 Å². The Bertz CT molecular complexity index is 404. The van der Waals surface area contributed by atoms with E-state index in [1.54, 1.807) is 24.0 Å². The van der Waals surface area contributed by atoms with Crippen LogP contribution in [0.15, 0.2) is 12.2 Å². The molecule has 104 valence electrons. The molecule has 4 nitrogen and oxygen atoms in total. The average Bonchev–Trinajstić information content (AvgIpc) is 2.25. The SMILES string of the molecule is C/C=C/CS(=O)(=O)CC(=O)N1[C@H](C)CCC[C@H]1C. The molecule has 0 aliphatic carbocycles. The predicted molar refractivity (Wildman–Crippen MR) is 73.1 cm³/mol. The summed E-state index contributed by atoms with van der Waals surface area (Å²) in [6.45, 7) is 5.75. The fourth-order valence-corrected chi connectivity index (χ4v) is 3.61. The van der Waals surface area contributed by atoms with Gasteiger partial charge in [0.2, 0.25) is 5.91 Å². The van der Waals surface area contributed by atoms with E-state index in [0.717, 1.165) is 19.3 Å². The molecule has 1 fully saturated rings. The van der Waals surface area contributed by atoms with E-state index in [1.165, 1.54) is 0 Å². The largest absolute Gasteiger partial charge is 0.336 e. The van der Waals surface area contributed by atoms with Gasteiger partial charge < -0.3 is 4.90 Å². The normalized spacial score (nSPS) is 25.6. The van der Waals surface area contributed by atoms with Gasteiger partial charge in [-0.15, -0.1) is 0 Å². The second kappa shape index (κ2) is 6.36. The van der Waals surface area contributed by atoms with Crippen molar-refractivity contribution in [3.63, 3.8) is 0 Å². The van der Waals surface area contributed by atoms with Crippen molar-refractivity contribution in [1.82, 2.24) is 4.90 Å². The number of hydrogen-bond donors (Lipinski definition) is 0. The van der Waals surface area contributed by atoms with Crippen LogP contribution >= 0.6 is 0 Å². The fraction of sp³-hybridized carbons (Fsp3) is 0.769. The molecule has 0 unspecified atom stereocenters. The zero-order valence-electron chi connectivity index (χ0n) is 11.4. The van der Waals surface area contributed by atoms with Crippen LogP contribution in [-0.4, -0.2) is 42.8 Å². The topological polar surface area (TPSA) is 54.5 Å². The Morgan fingerprint density at radius 2 is 1.83 bits per heavy atom. The molecule has 5 heteroatoms. The number of allylic oxidation sites excluding steroid dienone is 1. The first-order valence-electron chi connectivity index (χ1n) is 6.50. The lowest BCUT2D eigenvalue weighted by Gasteiger charge is -2.39. The Balaban J connectivity index is 2.69. The summed E-state index contributed by atoms with van der Waals surface area (Å²) in [4.78, 5) is 13.9. The number of rotatable bonds is 4. The van der Waals surface area contributed by atoms with Gasteiger partial charge in [-0.25, -0.2) is 8.42 Å². The lowest BCUT2D eigenvalue weighted by atomic mass is 9.98. The first-order valence-corrected chi connectivity index (χ1v) is 8.32. The van der Waals surface area contributed by atoms with Gasteiger partial charge in [0.1, 0.15) is 5.75 Å². The molecule has 0 radical (unpaired) electrons. The summed E-state index contributed by atoms with van der Waals surface area (Å²) in [5, 5.41) is 0. The quantitative estimate of drug-likeness (QED) is 0.734. The summed E-state index contributed by atoms with van der Waals surface area (Å²) in [7, 11) is -3.32. The number of hydrogen-bond acceptors (Lipinski definition) is 3. The summed E-state index contributed by atoms with van der Waals surface area (Å²) in [6, 6.07) is 0.302. The van der Waals surface area contributed by atoms with Crippen LogP contribution in [0.1, 0.15) is 40.0 Å². The molecule has 18 heavy (non-hydrogen) atoms. The number of amides is 1. The summed E-state index contributed by atoms with van der Waals surface area (Å²) < 4.78 is 23.5. The lowest BCUT2D eigenvalue weighted by molar-refractivity contribution is -0.134. The molecule has 0 aromatic heterocycles. The smallest absolute Gasteiger partial charge is 0.238 e. The Labute approximate surface area is 110 Å². The van der Waals surface area contributed by atoms with E-state index in [4.69, 9.17) is 0 Å². The van der Waals surface area contributed by atoms with Crippen molar-refractivity contribution in [1.29, 1.82) is 0 Å². The summed E-state index contributed by atoms with van der Waals surface area (Å²) in [5.41, 5.74) is 0. The van der Waals surface area contributed by atoms with E-state index in [0.29, 0.717) is 0 Å². The minimum atomic E-state index is -3.32. The molecule has 2 atom stereocenters. The molecule has 0 aromatic carbocycles. The number of piperidine rings is 1. The second-order valence-electron chi connectivity index (χ2n) is 5.05. The highest BCUT2D eigenvalue weighted by Gasteiger charge is 2.31. The highest BCUT2D eigenvalue weighted by molar-refractivity contribution is 7.92. The zero-order chi connectivity index (χ0) is 13.8. The van der Waals surface area contributed by atoms with Gasteiger partial charge in [-0.2, -0.15) is 0 Å². The Morgan fingerprint density at radius 3 is 2.33 bits per heavy atom. The Morgan fingerprint density at radius 1 is 1.28 bits per heavy atom. The fourth-order valence-electron chi connectivity index (χ4n) is 2.48. The maximum atomic E-state index is 12.1. The van der Waals surface area contributed by atoms with E-state index >= 15 is 0 Å². The van der Waals surface area contributed by atoms with Gasteiger partial charge in [0, 0.05) is 12.1 Å². The van der Waals surface area contributed by atoms with E-state index in [1.807, 2.05) is 13.8 Å². The van der Waals surface area contributed by atoms with Gasteiger partial charge in [-0.1, -0.05) is 12.2 Å². The van der Waals surface area contributed by atoms with Crippen molar-refractivity contribution in [2.75, 3.05) is 11.5 Å². The third kappa shape index (κ3) is 4.12. The molecule has 1 aliphatic heterocycles. The number of likely N-dealkylation sites (tertiary alicyclic amines) is 1. The van der Waals surface area contributed by atoms with Gasteiger partial charge in [-0.3, -0.25) is 4.79 Å². The highest BCUT2D eigenvalue weighted by Crippen LogP contribution is 2.22. The molecular formula is C13H23NO3S. The van der Waals surface area contributed by atoms with Crippen LogP contribution in [0.2, 0.25) is 0 Å². The summed E-state index contributed by atoms with van der Waals surface area (Å²) in [6.07, 6.45) is 6.30. The Hall–Kier alpha value is -0.840. The van der Waals surface area contributed by atoms with Crippen molar-refractivity contribution in [3.8, 4) is 0 Å². The molecule has 1 heterocycles. The third-order valence-electron chi connectivity index (χ3n) is 3.41. The third-order valence-corrected chi connectivity index (χ3v) is 4.80. The molecule has 1 aliphatic rings. The minimum absolute atomic E-state index is 0.0498. The van der Waals surface area contributed by atoms with E-state index < -0.39 is 9.84 Å². The van der Waals surface area contributed by atoms with Crippen LogP contribution in [0.3, 0.4) is 0 Å². The van der Waals surface area contributed by atoms with Gasteiger partial charge in [0.25, 0.3) is 0 Å². The second-order valence-corrected chi connectivity index (χ2v) is 7.16. The van der Waals surface area contributed by atoms with Gasteiger partial charge in [-0.05, 0) is 40.0 Å². The number of carbonyl (C=O) groups is 1. The van der Waals surface area contributed by atoms with Gasteiger partial charge >= 0.3 is 0 Å². The van der Waals surface area contributed by atoms with E-state index in [9.17, 15) is 13.2 Å². The molecular weight excluding hydrogens is 250 g/mol. The minimum Gasteiger partial charge on any atom is -0.336 e. The van der Waals surface area contributed by atoms with Crippen molar-refractivity contribution >= 4 is 15.7 Å². The zero-order valence-corrected chi connectivity index (χ0v) is 12.2. The number of sulfone groups is 1. The molecule has 0 saturated carbocycles. The molecule has 0 aromatic rings. The molecule has 1 saturated heterocycles. The lowest BCUT2D eigenvalue weighted by Crippen LogP contribution is -2.49. The predicted octanol–water partition coefficient (Wildman–Crippen LogP) is 1.77. The van der Waals surface area contributed by atoms with Gasteiger partial charge in [0.15, 0.2) is 9.84 Å². The maximum Gasteiger partial charge on any atom is 0.238 e. The van der Waals surface area contributed by atoms with Crippen molar-refractivity contribution < 1.29 is 13.2 Å². The highest BCUT2D eigenvalue weighted by atomic mass is 32.2. The molecule has 0 bridgehead atoms. The molecule has 0 spiro atoms. The maximum absolute atomic E-state index is 12.1. The first-order chi connectivity index (χ1) is 8.37. The van der Waals surface area contributed by atoms with Crippen LogP contribution in [0, 0.1) is 0 Å². The van der Waals surface area contributed by atoms with Crippen LogP contribution in [0.5, 0.6) is 0 Å².